The zero-order chi connectivity index (χ0) is 44.8. The van der Waals surface area contributed by atoms with E-state index in [0.29, 0.717) is 50.9 Å². The number of amides is 2. The maximum Gasteiger partial charge on any atom is 0.354 e. The van der Waals surface area contributed by atoms with Crippen LogP contribution < -0.4 is 0 Å². The van der Waals surface area contributed by atoms with E-state index in [-0.39, 0.29) is 58.3 Å². The molecule has 1 unspecified atom stereocenters. The van der Waals surface area contributed by atoms with Crippen molar-refractivity contribution in [1.82, 2.24) is 19.5 Å². The summed E-state index contributed by atoms with van der Waals surface area (Å²) in [5.41, 5.74) is 8.60. The van der Waals surface area contributed by atoms with Crippen molar-refractivity contribution in [2.45, 2.75) is 96.6 Å². The van der Waals surface area contributed by atoms with E-state index < -0.39 is 22.0 Å². The lowest BCUT2D eigenvalue weighted by atomic mass is 9.84. The van der Waals surface area contributed by atoms with Gasteiger partial charge in [-0.3, -0.25) is 19.4 Å². The van der Waals surface area contributed by atoms with Gasteiger partial charge < -0.3 is 23.7 Å². The number of aryl methyl sites for hydroxylation is 1. The van der Waals surface area contributed by atoms with E-state index in [1.807, 2.05) is 39.0 Å². The van der Waals surface area contributed by atoms with Crippen LogP contribution in [0.3, 0.4) is 0 Å². The number of esters is 1. The Bertz CT molecular complexity index is 2570. The number of carbonyl (C=O) groups excluding carboxylic acids is 4. The number of hydrazone groups is 1. The number of aromatic nitrogens is 2. The van der Waals surface area contributed by atoms with E-state index in [2.05, 4.69) is 73.4 Å². The molecule has 2 radical (unpaired) electrons. The first-order valence-corrected chi connectivity index (χ1v) is 23.1. The summed E-state index contributed by atoms with van der Waals surface area (Å²) in [6, 6.07) is 19.0. The van der Waals surface area contributed by atoms with Crippen LogP contribution in [-0.2, 0) is 52.8 Å². The average Bonchev–Trinajstić information content (AvgIpc) is 3.92. The molecular formula is C50H57N5O7Si. The van der Waals surface area contributed by atoms with Gasteiger partial charge in [-0.1, -0.05) is 56.3 Å². The normalized spacial score (nSPS) is 21.6. The maximum absolute atomic E-state index is 14.9. The number of cyclic esters (lactones) is 1. The van der Waals surface area contributed by atoms with E-state index in [9.17, 15) is 19.2 Å². The topological polar surface area (TPSA) is 133 Å². The third kappa shape index (κ3) is 8.50. The summed E-state index contributed by atoms with van der Waals surface area (Å²) in [6.07, 6.45) is 4.52. The molecule has 4 aromatic rings. The Balaban J connectivity index is 1.21. The van der Waals surface area contributed by atoms with Gasteiger partial charge in [0.2, 0.25) is 11.8 Å². The molecule has 4 aliphatic heterocycles. The minimum absolute atomic E-state index is 0.0119. The molecule has 6 bridgehead atoms. The third-order valence-corrected chi connectivity index (χ3v) is 14.9. The number of benzene rings is 2. The van der Waals surface area contributed by atoms with Crippen molar-refractivity contribution >= 4 is 49.7 Å². The molecule has 0 N–H and O–H groups in total. The summed E-state index contributed by atoms with van der Waals surface area (Å²) >= 11 is 0. The molecule has 13 heteroatoms. The molecule has 2 amide bonds. The molecular weight excluding hydrogens is 811 g/mol. The predicted molar refractivity (Wildman–Crippen MR) is 244 cm³/mol. The van der Waals surface area contributed by atoms with Gasteiger partial charge in [0, 0.05) is 78.9 Å². The number of ether oxygens (including phenoxy) is 3. The molecule has 8 rings (SSSR count). The number of fused-ring (bicyclic) bond motifs is 5. The molecule has 328 valence electrons. The monoisotopic (exact) mass is 867 g/mol. The number of methoxy groups -OCH3 is 1. The Kier molecular flexibility index (Phi) is 12.3. The van der Waals surface area contributed by atoms with E-state index >= 15 is 0 Å². The number of allylic oxidation sites excluding steroid dienone is 1. The zero-order valence-corrected chi connectivity index (χ0v) is 38.5. The smallest absolute Gasteiger partial charge is 0.354 e. The SMILES string of the molecule is C=CC(=O)N1CC(OCC(C(=O)C2[Si][C@@]23Cc2cccc(c2)-c2ccc4c(c2)c(c(-c2cccnc2[C@H](C)OC)n4CC)CC(C)(C)COC(=O)C2=NN(CCC2)C3=O)=C(C)C)C1. The highest BCUT2D eigenvalue weighted by molar-refractivity contribution is 6.70. The van der Waals surface area contributed by atoms with Gasteiger partial charge in [-0.05, 0) is 99.6 Å². The quantitative estimate of drug-likeness (QED) is 0.0900. The Hall–Kier alpha value is -5.50. The molecule has 0 aliphatic carbocycles. The molecule has 2 saturated heterocycles. The Morgan fingerprint density at radius 2 is 1.84 bits per heavy atom. The van der Waals surface area contributed by atoms with Crippen LogP contribution in [-0.4, -0.2) is 104 Å². The first-order chi connectivity index (χ1) is 30.2. The minimum atomic E-state index is -1.05. The summed E-state index contributed by atoms with van der Waals surface area (Å²) in [7, 11) is 1.71. The third-order valence-electron chi connectivity index (χ3n) is 13.0. The Morgan fingerprint density at radius 1 is 1.06 bits per heavy atom. The number of nitrogens with zero attached hydrogens (tertiary/aromatic N) is 5. The van der Waals surface area contributed by atoms with Gasteiger partial charge in [-0.15, -0.1) is 0 Å². The summed E-state index contributed by atoms with van der Waals surface area (Å²) in [5.74, 6) is -1.04. The maximum atomic E-state index is 14.9. The van der Waals surface area contributed by atoms with Gasteiger partial charge in [0.15, 0.2) is 5.78 Å². The van der Waals surface area contributed by atoms with Crippen LogP contribution >= 0.6 is 0 Å². The second-order valence-corrected chi connectivity index (χ2v) is 20.0. The van der Waals surface area contributed by atoms with Crippen molar-refractivity contribution in [1.29, 1.82) is 0 Å². The highest BCUT2D eigenvalue weighted by atomic mass is 28.2. The first kappa shape index (κ1) is 44.1. The minimum Gasteiger partial charge on any atom is -0.461 e. The van der Waals surface area contributed by atoms with Crippen LogP contribution in [0.4, 0.5) is 0 Å². The van der Waals surface area contributed by atoms with Crippen LogP contribution in [0.5, 0.6) is 0 Å². The van der Waals surface area contributed by atoms with Crippen molar-refractivity contribution in [3.8, 4) is 22.4 Å². The molecule has 12 nitrogen and oxygen atoms in total. The highest BCUT2D eigenvalue weighted by Gasteiger charge is 2.65. The second-order valence-electron chi connectivity index (χ2n) is 18.3. The van der Waals surface area contributed by atoms with Crippen LogP contribution in [0.25, 0.3) is 33.3 Å². The molecule has 4 aliphatic rings. The number of hydrogen-bond acceptors (Lipinski definition) is 9. The number of Topliss-reactive ketones (excluding diaryl/α,β-unsaturated/α-hetero) is 1. The lowest BCUT2D eigenvalue weighted by Gasteiger charge is -2.38. The Morgan fingerprint density at radius 3 is 2.57 bits per heavy atom. The number of rotatable bonds is 10. The predicted octanol–water partition coefficient (Wildman–Crippen LogP) is 7.73. The van der Waals surface area contributed by atoms with Crippen LogP contribution in [0.15, 0.2) is 89.7 Å². The molecule has 2 aromatic heterocycles. The fourth-order valence-corrected chi connectivity index (χ4v) is 11.0. The number of hydrogen-bond donors (Lipinski definition) is 0. The van der Waals surface area contributed by atoms with Crippen molar-refractivity contribution in [3.63, 3.8) is 0 Å². The standard InChI is InChI=1S/C50H57N5O7Si/c1-9-42(56)53-26-35(27-53)61-28-39(30(3)4)45(57)46-50(63-46)24-32-14-11-15-33(22-32)34-18-19-41-37(23-34)38(44(54(41)10-2)36-16-12-20-51-43(36)31(5)60-8)25-49(6,7)29-62-47(58)40-17-13-21-55(52-40)48(50)59/h9,11-12,14-16,18-20,22-23,31,35,46H,1,10,13,17,21,24-29H2,2-8H3/t31-,46?,50-/m0/s1. The molecule has 3 atom stereocenters. The summed E-state index contributed by atoms with van der Waals surface area (Å²) in [4.78, 5) is 61.9. The van der Waals surface area contributed by atoms with Crippen molar-refractivity contribution in [3.05, 3.63) is 101 Å². The molecule has 0 saturated carbocycles. The summed E-state index contributed by atoms with van der Waals surface area (Å²) in [5, 5.41) is 6.15. The van der Waals surface area contributed by atoms with Gasteiger partial charge in [-0.25, -0.2) is 9.80 Å². The number of likely N-dealkylation sites (tertiary alicyclic amines) is 1. The van der Waals surface area contributed by atoms with Gasteiger partial charge in [0.05, 0.1) is 51.4 Å². The van der Waals surface area contributed by atoms with Crippen molar-refractivity contribution in [2.24, 2.45) is 10.5 Å². The van der Waals surface area contributed by atoms with E-state index in [1.165, 1.54) is 11.1 Å². The largest absolute Gasteiger partial charge is 0.461 e. The van der Waals surface area contributed by atoms with Crippen molar-refractivity contribution in [2.75, 3.05) is 40.0 Å². The molecule has 6 heterocycles. The fourth-order valence-electron chi connectivity index (χ4n) is 9.30. The lowest BCUT2D eigenvalue weighted by molar-refractivity contribution is -0.139. The molecule has 63 heavy (non-hydrogen) atoms. The molecule has 1 spiro atoms. The molecule has 2 aromatic carbocycles. The van der Waals surface area contributed by atoms with Crippen LogP contribution in [0, 0.1) is 5.41 Å². The van der Waals surface area contributed by atoms with Gasteiger partial charge in [0.1, 0.15) is 5.71 Å². The number of ketones is 1. The average molecular weight is 868 g/mol. The van der Waals surface area contributed by atoms with E-state index in [0.717, 1.165) is 62.2 Å². The van der Waals surface area contributed by atoms with Gasteiger partial charge in [-0.2, -0.15) is 5.10 Å². The van der Waals surface area contributed by atoms with Gasteiger partial charge >= 0.3 is 5.97 Å². The van der Waals surface area contributed by atoms with Crippen LogP contribution in [0.2, 0.25) is 10.6 Å². The second kappa shape index (κ2) is 17.6. The lowest BCUT2D eigenvalue weighted by Crippen LogP contribution is -2.54. The van der Waals surface area contributed by atoms with Crippen molar-refractivity contribution < 1.29 is 33.4 Å². The van der Waals surface area contributed by atoms with E-state index in [4.69, 9.17) is 19.2 Å². The van der Waals surface area contributed by atoms with E-state index in [1.54, 1.807) is 18.2 Å². The highest BCUT2D eigenvalue weighted by Crippen LogP contribution is 2.62. The molecule has 2 fully saturated rings. The van der Waals surface area contributed by atoms with Crippen LogP contribution in [0.1, 0.15) is 77.3 Å². The number of pyridine rings is 1. The summed E-state index contributed by atoms with van der Waals surface area (Å²) < 4.78 is 20.4. The zero-order valence-electron chi connectivity index (χ0n) is 37.5. The first-order valence-electron chi connectivity index (χ1n) is 22.0. The fraction of sp³-hybridized carbons (Fsp3) is 0.440. The summed E-state index contributed by atoms with van der Waals surface area (Å²) in [6.45, 7) is 17.9. The Labute approximate surface area is 372 Å². The number of carbonyl (C=O) groups is 4. The van der Waals surface area contributed by atoms with Gasteiger partial charge in [0.25, 0.3) is 0 Å².